The van der Waals surface area contributed by atoms with Crippen molar-refractivity contribution in [2.45, 2.75) is 102 Å². The third-order valence-electron chi connectivity index (χ3n) is 9.92. The number of nitrogens with two attached hydrogens (primary N) is 1. The molecule has 6 rings (SSSR count). The van der Waals surface area contributed by atoms with E-state index in [1.807, 2.05) is 48.5 Å². The van der Waals surface area contributed by atoms with E-state index in [-0.39, 0.29) is 36.6 Å². The molecule has 5 atom stereocenters. The van der Waals surface area contributed by atoms with Crippen LogP contribution in [0.25, 0.3) is 6.08 Å². The lowest BCUT2D eigenvalue weighted by Crippen LogP contribution is -2.59. The number of primary amides is 1. The maximum atomic E-state index is 13.5. The van der Waals surface area contributed by atoms with E-state index >= 15 is 0 Å². The Bertz CT molecular complexity index is 1710. The first-order valence-corrected chi connectivity index (χ1v) is 19.3. The molecule has 4 heterocycles. The number of piperidine rings is 1. The Morgan fingerprint density at radius 1 is 0.786 bits per heavy atom. The molecular formula is C41H55N7O8. The van der Waals surface area contributed by atoms with Crippen molar-refractivity contribution < 1.29 is 38.3 Å². The molecule has 15 nitrogen and oxygen atoms in total. The van der Waals surface area contributed by atoms with Gasteiger partial charge in [-0.1, -0.05) is 66.2 Å². The van der Waals surface area contributed by atoms with Gasteiger partial charge in [0, 0.05) is 25.8 Å². The van der Waals surface area contributed by atoms with Crippen molar-refractivity contribution in [2.24, 2.45) is 5.73 Å². The molecule has 0 aromatic heterocycles. The van der Waals surface area contributed by atoms with Crippen LogP contribution < -0.4 is 21.7 Å². The topological polar surface area (TPSA) is 201 Å². The lowest BCUT2D eigenvalue weighted by Gasteiger charge is -2.38. The summed E-state index contributed by atoms with van der Waals surface area (Å²) in [5, 5.41) is 7.52. The van der Waals surface area contributed by atoms with Crippen LogP contribution in [-0.2, 0) is 33.5 Å². The van der Waals surface area contributed by atoms with E-state index in [2.05, 4.69) is 35.0 Å². The highest BCUT2D eigenvalue weighted by atomic mass is 16.5. The van der Waals surface area contributed by atoms with E-state index in [4.69, 9.17) is 10.5 Å². The van der Waals surface area contributed by atoms with Gasteiger partial charge in [0.15, 0.2) is 0 Å². The number of carbonyl (C=O) groups excluding carboxylic acids is 7. The number of nitrogens with zero attached hydrogens (tertiary/aromatic N) is 3. The van der Waals surface area contributed by atoms with Gasteiger partial charge < -0.3 is 41.1 Å². The molecule has 4 aliphatic rings. The lowest BCUT2D eigenvalue weighted by molar-refractivity contribution is -0.160. The number of rotatable bonds is 4. The van der Waals surface area contributed by atoms with Gasteiger partial charge in [-0.05, 0) is 77.4 Å². The zero-order valence-corrected chi connectivity index (χ0v) is 32.5. The second-order valence-corrected chi connectivity index (χ2v) is 14.4. The normalized spacial score (nSPS) is 24.3. The number of benzene rings is 2. The first kappa shape index (κ1) is 43.0. The van der Waals surface area contributed by atoms with Crippen LogP contribution in [0, 0.1) is 6.92 Å². The average molecular weight is 774 g/mol. The number of nitrogens with one attached hydrogen (secondary N) is 3. The number of aryl methyl sites for hydroxylation is 1. The first-order chi connectivity index (χ1) is 26.8. The highest BCUT2D eigenvalue weighted by molar-refractivity contribution is 5.95. The minimum Gasteiger partial charge on any atom is -0.461 e. The first-order valence-electron chi connectivity index (χ1n) is 19.3. The molecule has 4 aliphatic heterocycles. The van der Waals surface area contributed by atoms with Gasteiger partial charge in [0.1, 0.15) is 30.3 Å². The molecule has 4 fully saturated rings. The van der Waals surface area contributed by atoms with E-state index in [1.54, 1.807) is 29.7 Å². The van der Waals surface area contributed by atoms with Gasteiger partial charge in [-0.3, -0.25) is 24.0 Å². The van der Waals surface area contributed by atoms with E-state index in [0.717, 1.165) is 18.4 Å². The van der Waals surface area contributed by atoms with Crippen molar-refractivity contribution in [3.8, 4) is 0 Å². The Hall–Kier alpha value is -5.73. The van der Waals surface area contributed by atoms with Crippen LogP contribution in [0.1, 0.15) is 76.3 Å². The Labute approximate surface area is 328 Å². The van der Waals surface area contributed by atoms with Crippen LogP contribution in [0.5, 0.6) is 0 Å². The number of cyclic esters (lactones) is 1. The van der Waals surface area contributed by atoms with Crippen LogP contribution in [0.2, 0.25) is 0 Å². The molecule has 4 saturated heterocycles. The van der Waals surface area contributed by atoms with Crippen molar-refractivity contribution in [2.75, 3.05) is 26.2 Å². The Morgan fingerprint density at radius 3 is 2.02 bits per heavy atom. The molecule has 5 N–H and O–H groups in total. The quantitative estimate of drug-likeness (QED) is 0.340. The summed E-state index contributed by atoms with van der Waals surface area (Å²) in [7, 11) is 0. The lowest BCUT2D eigenvalue weighted by atomic mass is 9.99. The zero-order chi connectivity index (χ0) is 40.6. The summed E-state index contributed by atoms with van der Waals surface area (Å²) in [6, 6.07) is 16.5. The fraction of sp³-hybridized carbons (Fsp3) is 0.488. The molecule has 7 amide bonds. The largest absolute Gasteiger partial charge is 0.461 e. The zero-order valence-electron chi connectivity index (χ0n) is 32.5. The number of amides is 7. The van der Waals surface area contributed by atoms with E-state index < -0.39 is 48.2 Å². The van der Waals surface area contributed by atoms with Crippen molar-refractivity contribution in [1.29, 1.82) is 0 Å². The molecule has 5 unspecified atom stereocenters. The standard InChI is InChI=1S/C23H34N4O6.C11H13N3O2.C7H8/c1-14-13-19(28)25-11-5-8-17(25)22(31)26-10-4-3-7-16(26)20(29)24-15(2)21(30)27-12-6-9-18(27)23(32)33-14;12-10(15)8-14-11(16)13-7-6-9-4-2-1-3-5-9;1-7-5-3-2-4-6-7/h14-18H,3-13H2,1-2H3,(H,24,29);1-7H,8H2,(H2,12,15)(H2,13,14,16);2-6H,1H3/b;7-6+;. The number of carbonyl (C=O) groups is 7. The van der Waals surface area contributed by atoms with Crippen molar-refractivity contribution in [3.05, 3.63) is 78.0 Å². The van der Waals surface area contributed by atoms with E-state index in [0.29, 0.717) is 51.7 Å². The van der Waals surface area contributed by atoms with Crippen LogP contribution in [-0.4, -0.2) is 113 Å². The molecule has 0 saturated carbocycles. The van der Waals surface area contributed by atoms with Gasteiger partial charge in [-0.2, -0.15) is 0 Å². The molecule has 302 valence electrons. The van der Waals surface area contributed by atoms with E-state index in [9.17, 15) is 33.6 Å². The van der Waals surface area contributed by atoms with Crippen molar-refractivity contribution in [1.82, 2.24) is 30.7 Å². The second kappa shape index (κ2) is 21.4. The SMILES string of the molecule is CC1CC(=O)N2CCCC2C(=O)N2CCCCC2C(=O)NC(C)C(=O)N2CCCC2C(=O)O1.Cc1ccccc1.NC(=O)CNC(=O)N/C=C/c1ccccc1. The predicted octanol–water partition coefficient (Wildman–Crippen LogP) is 2.63. The van der Waals surface area contributed by atoms with Gasteiger partial charge in [-0.15, -0.1) is 0 Å². The third-order valence-corrected chi connectivity index (χ3v) is 9.92. The third kappa shape index (κ3) is 12.7. The van der Waals surface area contributed by atoms with Gasteiger partial charge in [-0.25, -0.2) is 9.59 Å². The number of urea groups is 1. The summed E-state index contributed by atoms with van der Waals surface area (Å²) < 4.78 is 5.54. The Morgan fingerprint density at radius 2 is 1.38 bits per heavy atom. The molecule has 56 heavy (non-hydrogen) atoms. The number of ether oxygens (including phenoxy) is 1. The maximum Gasteiger partial charge on any atom is 0.329 e. The van der Waals surface area contributed by atoms with Crippen LogP contribution >= 0.6 is 0 Å². The van der Waals surface area contributed by atoms with Gasteiger partial charge in [0.25, 0.3) is 0 Å². The minimum atomic E-state index is -0.820. The average Bonchev–Trinajstić information content (AvgIpc) is 3.89. The monoisotopic (exact) mass is 773 g/mol. The Kier molecular flexibility index (Phi) is 16.4. The number of hydrogen-bond acceptors (Lipinski definition) is 8. The van der Waals surface area contributed by atoms with Crippen molar-refractivity contribution in [3.63, 3.8) is 0 Å². The number of fused-ring (bicyclic) bond motifs is 3. The molecule has 0 radical (unpaired) electrons. The van der Waals surface area contributed by atoms with Gasteiger partial charge in [0.05, 0.1) is 13.0 Å². The second-order valence-electron chi connectivity index (χ2n) is 14.4. The number of esters is 1. The highest BCUT2D eigenvalue weighted by Gasteiger charge is 2.43. The number of hydrogen-bond donors (Lipinski definition) is 4. The summed E-state index contributed by atoms with van der Waals surface area (Å²) in [6.07, 6.45) is 7.11. The fourth-order valence-corrected chi connectivity index (χ4v) is 7.09. The molecule has 2 aromatic carbocycles. The van der Waals surface area contributed by atoms with Crippen molar-refractivity contribution >= 4 is 47.6 Å². The van der Waals surface area contributed by atoms with Crippen LogP contribution in [0.4, 0.5) is 4.79 Å². The molecule has 15 heteroatoms. The van der Waals surface area contributed by atoms with Crippen LogP contribution in [0.3, 0.4) is 0 Å². The Balaban J connectivity index is 0.000000249. The van der Waals surface area contributed by atoms with Crippen LogP contribution in [0.15, 0.2) is 66.9 Å². The molecule has 0 bridgehead atoms. The molecule has 2 aromatic rings. The highest BCUT2D eigenvalue weighted by Crippen LogP contribution is 2.27. The smallest absolute Gasteiger partial charge is 0.329 e. The molecule has 0 aliphatic carbocycles. The fourth-order valence-electron chi connectivity index (χ4n) is 7.09. The summed E-state index contributed by atoms with van der Waals surface area (Å²) in [6.45, 7) is 6.53. The van der Waals surface area contributed by atoms with Gasteiger partial charge in [0.2, 0.25) is 29.5 Å². The summed E-state index contributed by atoms with van der Waals surface area (Å²) in [4.78, 5) is 91.6. The summed E-state index contributed by atoms with van der Waals surface area (Å²) >= 11 is 0. The van der Waals surface area contributed by atoms with Gasteiger partial charge >= 0.3 is 12.0 Å². The molecular weight excluding hydrogens is 718 g/mol. The van der Waals surface area contributed by atoms with E-state index in [1.165, 1.54) is 16.7 Å². The minimum absolute atomic E-state index is 0.0174. The summed E-state index contributed by atoms with van der Waals surface area (Å²) in [5.74, 6) is -2.25. The molecule has 0 spiro atoms. The maximum absolute atomic E-state index is 13.5. The summed E-state index contributed by atoms with van der Waals surface area (Å²) in [5.41, 5.74) is 7.15. The predicted molar refractivity (Wildman–Crippen MR) is 209 cm³/mol.